The molecule has 0 saturated carbocycles. The van der Waals surface area contributed by atoms with Gasteiger partial charge in [0.2, 0.25) is 6.79 Å². The number of fused-ring (bicyclic) bond motifs is 1. The Kier molecular flexibility index (Phi) is 3.71. The van der Waals surface area contributed by atoms with Crippen molar-refractivity contribution in [2.24, 2.45) is 0 Å². The number of carbonyl (C=O) groups is 1. The van der Waals surface area contributed by atoms with E-state index in [0.717, 1.165) is 5.56 Å². The Labute approximate surface area is 127 Å². The Balaban J connectivity index is 1.70. The minimum absolute atomic E-state index is 0.0805. The first-order valence-electron chi connectivity index (χ1n) is 6.45. The molecular weight excluding hydrogens is 292 g/mol. The zero-order chi connectivity index (χ0) is 14.8. The van der Waals surface area contributed by atoms with Crippen LogP contribution in [0.3, 0.4) is 0 Å². The first-order valence-corrected chi connectivity index (χ1v) is 6.83. The van der Waals surface area contributed by atoms with Crippen LogP contribution in [0, 0.1) is 6.92 Å². The third kappa shape index (κ3) is 2.95. The smallest absolute Gasteiger partial charge is 0.231 e. The Bertz CT molecular complexity index is 697. The molecule has 0 fully saturated rings. The molecule has 108 valence electrons. The van der Waals surface area contributed by atoms with E-state index in [9.17, 15) is 4.79 Å². The quantitative estimate of drug-likeness (QED) is 0.809. The topological polar surface area (TPSA) is 44.8 Å². The molecule has 1 heterocycles. The molecule has 0 N–H and O–H groups in total. The van der Waals surface area contributed by atoms with Crippen LogP contribution < -0.4 is 14.2 Å². The third-order valence-electron chi connectivity index (χ3n) is 3.14. The lowest BCUT2D eigenvalue weighted by atomic mass is 10.1. The van der Waals surface area contributed by atoms with Crippen molar-refractivity contribution in [3.05, 3.63) is 52.5 Å². The molecule has 0 spiro atoms. The van der Waals surface area contributed by atoms with Gasteiger partial charge in [0.1, 0.15) is 5.75 Å². The molecule has 0 unspecified atom stereocenters. The van der Waals surface area contributed by atoms with E-state index in [0.29, 0.717) is 27.8 Å². The number of rotatable bonds is 4. The van der Waals surface area contributed by atoms with Gasteiger partial charge in [0, 0.05) is 5.56 Å². The Morgan fingerprint density at radius 2 is 2.00 bits per heavy atom. The molecule has 0 bridgehead atoms. The lowest BCUT2D eigenvalue weighted by Gasteiger charge is -2.08. The monoisotopic (exact) mass is 304 g/mol. The van der Waals surface area contributed by atoms with Crippen molar-refractivity contribution < 1.29 is 19.0 Å². The summed E-state index contributed by atoms with van der Waals surface area (Å²) in [7, 11) is 0. The third-order valence-corrected chi connectivity index (χ3v) is 3.45. The van der Waals surface area contributed by atoms with E-state index in [-0.39, 0.29) is 19.2 Å². The summed E-state index contributed by atoms with van der Waals surface area (Å²) >= 11 is 6.03. The fourth-order valence-corrected chi connectivity index (χ4v) is 2.19. The van der Waals surface area contributed by atoms with Gasteiger partial charge in [-0.05, 0) is 42.8 Å². The average molecular weight is 305 g/mol. The average Bonchev–Trinajstić information content (AvgIpc) is 2.95. The molecule has 4 nitrogen and oxygen atoms in total. The minimum atomic E-state index is -0.147. The molecule has 1 aliphatic heterocycles. The Morgan fingerprint density at radius 1 is 1.19 bits per heavy atom. The van der Waals surface area contributed by atoms with Crippen molar-refractivity contribution in [3.8, 4) is 17.2 Å². The lowest BCUT2D eigenvalue weighted by molar-refractivity contribution is 0.0921. The number of hydrogen-bond donors (Lipinski definition) is 0. The summed E-state index contributed by atoms with van der Waals surface area (Å²) in [6.07, 6.45) is 0. The standard InChI is InChI=1S/C16H13ClO4/c1-10-2-4-12(17)15(6-10)19-8-13(18)11-3-5-14-16(7-11)21-9-20-14/h2-7H,8-9H2,1H3. The first-order chi connectivity index (χ1) is 10.1. The molecule has 0 saturated heterocycles. The molecule has 0 aliphatic carbocycles. The Hall–Kier alpha value is -2.20. The number of halogens is 1. The number of Topliss-reactive ketones (excluding diaryl/α,β-unsaturated/α-hetero) is 1. The van der Waals surface area contributed by atoms with Gasteiger partial charge in [0.25, 0.3) is 0 Å². The lowest BCUT2D eigenvalue weighted by Crippen LogP contribution is -2.11. The van der Waals surface area contributed by atoms with E-state index in [1.54, 1.807) is 30.3 Å². The van der Waals surface area contributed by atoms with Crippen molar-refractivity contribution in [3.63, 3.8) is 0 Å². The van der Waals surface area contributed by atoms with Crippen LogP contribution in [-0.2, 0) is 0 Å². The molecule has 21 heavy (non-hydrogen) atoms. The van der Waals surface area contributed by atoms with Crippen molar-refractivity contribution >= 4 is 17.4 Å². The zero-order valence-electron chi connectivity index (χ0n) is 11.4. The predicted molar refractivity (Wildman–Crippen MR) is 78.6 cm³/mol. The van der Waals surface area contributed by atoms with Crippen LogP contribution in [0.4, 0.5) is 0 Å². The summed E-state index contributed by atoms with van der Waals surface area (Å²) in [5.74, 6) is 1.58. The zero-order valence-corrected chi connectivity index (χ0v) is 12.1. The normalized spacial score (nSPS) is 12.3. The maximum absolute atomic E-state index is 12.1. The second-order valence-corrected chi connectivity index (χ2v) is 5.12. The van der Waals surface area contributed by atoms with Crippen LogP contribution in [0.5, 0.6) is 17.2 Å². The first kappa shape index (κ1) is 13.8. The summed E-state index contributed by atoms with van der Waals surface area (Å²) in [4.78, 5) is 12.1. The molecule has 0 radical (unpaired) electrons. The highest BCUT2D eigenvalue weighted by Crippen LogP contribution is 2.32. The van der Waals surface area contributed by atoms with E-state index < -0.39 is 0 Å². The van der Waals surface area contributed by atoms with Gasteiger partial charge in [-0.2, -0.15) is 0 Å². The Morgan fingerprint density at radius 3 is 2.86 bits per heavy atom. The van der Waals surface area contributed by atoms with Gasteiger partial charge in [-0.25, -0.2) is 0 Å². The number of ether oxygens (including phenoxy) is 3. The molecule has 5 heteroatoms. The summed E-state index contributed by atoms with van der Waals surface area (Å²) in [5, 5.41) is 0.485. The van der Waals surface area contributed by atoms with Crippen LogP contribution in [0.25, 0.3) is 0 Å². The van der Waals surface area contributed by atoms with E-state index in [1.165, 1.54) is 0 Å². The number of benzene rings is 2. The van der Waals surface area contributed by atoms with Gasteiger partial charge in [-0.1, -0.05) is 17.7 Å². The van der Waals surface area contributed by atoms with Crippen molar-refractivity contribution in [2.45, 2.75) is 6.92 Å². The highest BCUT2D eigenvalue weighted by Gasteiger charge is 2.16. The molecule has 1 aliphatic rings. The van der Waals surface area contributed by atoms with Crippen LogP contribution in [0.2, 0.25) is 5.02 Å². The van der Waals surface area contributed by atoms with Crippen LogP contribution in [0.1, 0.15) is 15.9 Å². The van der Waals surface area contributed by atoms with Gasteiger partial charge < -0.3 is 14.2 Å². The molecule has 2 aromatic carbocycles. The van der Waals surface area contributed by atoms with E-state index >= 15 is 0 Å². The van der Waals surface area contributed by atoms with Crippen molar-refractivity contribution in [1.82, 2.24) is 0 Å². The minimum Gasteiger partial charge on any atom is -0.484 e. The number of ketones is 1. The molecule has 3 rings (SSSR count). The molecular formula is C16H13ClO4. The number of carbonyl (C=O) groups excluding carboxylic acids is 1. The van der Waals surface area contributed by atoms with E-state index in [4.69, 9.17) is 25.8 Å². The number of hydrogen-bond acceptors (Lipinski definition) is 4. The summed E-state index contributed by atoms with van der Waals surface area (Å²) < 4.78 is 16.0. The van der Waals surface area contributed by atoms with Crippen molar-refractivity contribution in [2.75, 3.05) is 13.4 Å². The fourth-order valence-electron chi connectivity index (χ4n) is 2.02. The largest absolute Gasteiger partial charge is 0.484 e. The van der Waals surface area contributed by atoms with E-state index in [1.807, 2.05) is 13.0 Å². The number of aryl methyl sites for hydroxylation is 1. The predicted octanol–water partition coefficient (Wildman–Crippen LogP) is 3.64. The highest BCUT2D eigenvalue weighted by atomic mass is 35.5. The maximum atomic E-state index is 12.1. The molecule has 0 aromatic heterocycles. The van der Waals surface area contributed by atoms with E-state index in [2.05, 4.69) is 0 Å². The van der Waals surface area contributed by atoms with Crippen LogP contribution in [-0.4, -0.2) is 19.2 Å². The molecule has 2 aromatic rings. The maximum Gasteiger partial charge on any atom is 0.231 e. The van der Waals surface area contributed by atoms with Gasteiger partial charge in [0.15, 0.2) is 23.9 Å². The van der Waals surface area contributed by atoms with Crippen molar-refractivity contribution in [1.29, 1.82) is 0 Å². The van der Waals surface area contributed by atoms with Gasteiger partial charge >= 0.3 is 0 Å². The van der Waals surface area contributed by atoms with Gasteiger partial charge in [0.05, 0.1) is 5.02 Å². The highest BCUT2D eigenvalue weighted by molar-refractivity contribution is 6.32. The second kappa shape index (κ2) is 5.66. The fraction of sp³-hybridized carbons (Fsp3) is 0.188. The summed E-state index contributed by atoms with van der Waals surface area (Å²) in [6, 6.07) is 10.5. The van der Waals surface area contributed by atoms with Crippen LogP contribution in [0.15, 0.2) is 36.4 Å². The van der Waals surface area contributed by atoms with Crippen LogP contribution >= 0.6 is 11.6 Å². The molecule has 0 atom stereocenters. The second-order valence-electron chi connectivity index (χ2n) is 4.71. The van der Waals surface area contributed by atoms with Gasteiger partial charge in [-0.15, -0.1) is 0 Å². The molecule has 0 amide bonds. The SMILES string of the molecule is Cc1ccc(Cl)c(OCC(=O)c2ccc3c(c2)OCO3)c1. The summed E-state index contributed by atoms with van der Waals surface area (Å²) in [6.45, 7) is 2.04. The summed E-state index contributed by atoms with van der Waals surface area (Å²) in [5.41, 5.74) is 1.54. The van der Waals surface area contributed by atoms with Gasteiger partial charge in [-0.3, -0.25) is 4.79 Å².